The highest BCUT2D eigenvalue weighted by Crippen LogP contribution is 2.32. The van der Waals surface area contributed by atoms with Gasteiger partial charge < -0.3 is 4.90 Å². The molecular formula is C17H19N3O. The van der Waals surface area contributed by atoms with E-state index in [2.05, 4.69) is 16.9 Å². The zero-order chi connectivity index (χ0) is 14.7. The van der Waals surface area contributed by atoms with Crippen LogP contribution in [0.5, 0.6) is 0 Å². The van der Waals surface area contributed by atoms with Crippen LogP contribution in [0.15, 0.2) is 42.9 Å². The lowest BCUT2D eigenvalue weighted by Crippen LogP contribution is -2.32. The molecule has 1 amide bonds. The predicted molar refractivity (Wildman–Crippen MR) is 80.9 cm³/mol. The summed E-state index contributed by atoms with van der Waals surface area (Å²) in [7, 11) is 0. The highest BCUT2D eigenvalue weighted by atomic mass is 16.2. The Kier molecular flexibility index (Phi) is 3.95. The van der Waals surface area contributed by atoms with E-state index in [4.69, 9.17) is 0 Å². The molecule has 0 bridgehead atoms. The van der Waals surface area contributed by atoms with Crippen molar-refractivity contribution < 1.29 is 4.79 Å². The first-order chi connectivity index (χ1) is 10.3. The molecule has 2 aromatic rings. The number of aryl methyl sites for hydroxylation is 1. The van der Waals surface area contributed by atoms with E-state index >= 15 is 0 Å². The molecule has 3 heterocycles. The van der Waals surface area contributed by atoms with E-state index in [9.17, 15) is 4.79 Å². The smallest absolute Gasteiger partial charge is 0.273 e. The van der Waals surface area contributed by atoms with Gasteiger partial charge in [0.2, 0.25) is 0 Å². The van der Waals surface area contributed by atoms with Crippen LogP contribution in [0.25, 0.3) is 0 Å². The summed E-state index contributed by atoms with van der Waals surface area (Å²) >= 11 is 0. The zero-order valence-electron chi connectivity index (χ0n) is 12.2. The maximum atomic E-state index is 12.9. The summed E-state index contributed by atoms with van der Waals surface area (Å²) in [6, 6.07) is 7.96. The average molecular weight is 281 g/mol. The summed E-state index contributed by atoms with van der Waals surface area (Å²) < 4.78 is 0. The monoisotopic (exact) mass is 281 g/mol. The quantitative estimate of drug-likeness (QED) is 0.868. The Morgan fingerprint density at radius 2 is 2.19 bits per heavy atom. The minimum atomic E-state index is 0.0406. The third-order valence-corrected chi connectivity index (χ3v) is 4.06. The fourth-order valence-corrected chi connectivity index (χ4v) is 2.98. The minimum Gasteiger partial charge on any atom is -0.330 e. The van der Waals surface area contributed by atoms with Gasteiger partial charge in [0.1, 0.15) is 5.69 Å². The molecule has 4 nitrogen and oxygen atoms in total. The molecule has 0 radical (unpaired) electrons. The number of amides is 1. The van der Waals surface area contributed by atoms with Crippen molar-refractivity contribution in [2.75, 3.05) is 6.54 Å². The predicted octanol–water partition coefficient (Wildman–Crippen LogP) is 3.02. The molecule has 0 saturated carbocycles. The molecule has 3 rings (SSSR count). The van der Waals surface area contributed by atoms with E-state index in [0.717, 1.165) is 36.9 Å². The molecule has 0 N–H and O–H groups in total. The summed E-state index contributed by atoms with van der Waals surface area (Å²) in [5, 5.41) is 0. The largest absolute Gasteiger partial charge is 0.330 e. The van der Waals surface area contributed by atoms with E-state index in [-0.39, 0.29) is 11.9 Å². The molecule has 1 saturated heterocycles. The number of hydrogen-bond donors (Lipinski definition) is 0. The molecular weight excluding hydrogens is 262 g/mol. The first kappa shape index (κ1) is 13.7. The summed E-state index contributed by atoms with van der Waals surface area (Å²) in [5.41, 5.74) is 2.72. The van der Waals surface area contributed by atoms with Crippen molar-refractivity contribution in [3.05, 3.63) is 59.7 Å². The standard InChI is InChI=1S/C17H19N3O/c1-2-13-6-4-10-19-16(13)17(21)20-11-5-8-15(20)14-7-3-9-18-12-14/h3-4,6-7,9-10,12,15H,2,5,8,11H2,1H3. The van der Waals surface area contributed by atoms with Crippen LogP contribution in [0.2, 0.25) is 0 Å². The van der Waals surface area contributed by atoms with Gasteiger partial charge in [-0.15, -0.1) is 0 Å². The number of carbonyl (C=O) groups excluding carboxylic acids is 1. The maximum absolute atomic E-state index is 12.9. The number of aromatic nitrogens is 2. The van der Waals surface area contributed by atoms with Crippen molar-refractivity contribution in [3.63, 3.8) is 0 Å². The van der Waals surface area contributed by atoms with Crippen LogP contribution in [-0.4, -0.2) is 27.3 Å². The number of rotatable bonds is 3. The van der Waals surface area contributed by atoms with E-state index in [1.165, 1.54) is 0 Å². The van der Waals surface area contributed by atoms with Crippen molar-refractivity contribution in [2.45, 2.75) is 32.2 Å². The topological polar surface area (TPSA) is 46.1 Å². The van der Waals surface area contributed by atoms with E-state index in [0.29, 0.717) is 5.69 Å². The molecule has 1 fully saturated rings. The lowest BCUT2D eigenvalue weighted by Gasteiger charge is -2.25. The second-order valence-electron chi connectivity index (χ2n) is 5.31. The molecule has 4 heteroatoms. The molecule has 2 aromatic heterocycles. The van der Waals surface area contributed by atoms with Gasteiger partial charge in [-0.05, 0) is 42.5 Å². The Morgan fingerprint density at radius 3 is 2.95 bits per heavy atom. The normalized spacial score (nSPS) is 18.0. The van der Waals surface area contributed by atoms with Gasteiger partial charge >= 0.3 is 0 Å². The average Bonchev–Trinajstić information content (AvgIpc) is 3.04. The fraction of sp³-hybridized carbons (Fsp3) is 0.353. The SMILES string of the molecule is CCc1cccnc1C(=O)N1CCCC1c1cccnc1. The maximum Gasteiger partial charge on any atom is 0.273 e. The number of pyridine rings is 2. The van der Waals surface area contributed by atoms with Gasteiger partial charge in [-0.1, -0.05) is 19.1 Å². The summed E-state index contributed by atoms with van der Waals surface area (Å²) in [6.45, 7) is 2.84. The molecule has 1 unspecified atom stereocenters. The van der Waals surface area contributed by atoms with Gasteiger partial charge in [0, 0.05) is 25.1 Å². The Hall–Kier alpha value is -2.23. The second kappa shape index (κ2) is 6.04. The number of hydrogen-bond acceptors (Lipinski definition) is 3. The lowest BCUT2D eigenvalue weighted by molar-refractivity contribution is 0.0728. The molecule has 1 aliphatic rings. The van der Waals surface area contributed by atoms with Crippen LogP contribution < -0.4 is 0 Å². The van der Waals surface area contributed by atoms with E-state index in [1.54, 1.807) is 12.4 Å². The Labute approximate surface area is 124 Å². The summed E-state index contributed by atoms with van der Waals surface area (Å²) in [4.78, 5) is 23.3. The molecule has 1 aliphatic heterocycles. The van der Waals surface area contributed by atoms with Crippen LogP contribution in [0.3, 0.4) is 0 Å². The van der Waals surface area contributed by atoms with Gasteiger partial charge in [0.25, 0.3) is 5.91 Å². The lowest BCUT2D eigenvalue weighted by atomic mass is 10.1. The van der Waals surface area contributed by atoms with Crippen LogP contribution in [-0.2, 0) is 6.42 Å². The Balaban J connectivity index is 1.90. The Bertz CT molecular complexity index is 627. The van der Waals surface area contributed by atoms with Gasteiger partial charge in [0.15, 0.2) is 0 Å². The second-order valence-corrected chi connectivity index (χ2v) is 5.31. The van der Waals surface area contributed by atoms with Crippen molar-refractivity contribution in [1.82, 2.24) is 14.9 Å². The van der Waals surface area contributed by atoms with Gasteiger partial charge in [-0.3, -0.25) is 14.8 Å². The third kappa shape index (κ3) is 2.66. The summed E-state index contributed by atoms with van der Waals surface area (Å²) in [5.74, 6) is 0.0406. The van der Waals surface area contributed by atoms with E-state index in [1.807, 2.05) is 35.4 Å². The van der Waals surface area contributed by atoms with E-state index < -0.39 is 0 Å². The Morgan fingerprint density at radius 1 is 1.33 bits per heavy atom. The molecule has 0 spiro atoms. The minimum absolute atomic E-state index is 0.0406. The van der Waals surface area contributed by atoms with Crippen molar-refractivity contribution in [2.24, 2.45) is 0 Å². The molecule has 21 heavy (non-hydrogen) atoms. The molecule has 0 aromatic carbocycles. The first-order valence-corrected chi connectivity index (χ1v) is 7.46. The highest BCUT2D eigenvalue weighted by molar-refractivity contribution is 5.94. The van der Waals surface area contributed by atoms with Gasteiger partial charge in [-0.25, -0.2) is 0 Å². The van der Waals surface area contributed by atoms with Crippen LogP contribution in [0.4, 0.5) is 0 Å². The highest BCUT2D eigenvalue weighted by Gasteiger charge is 2.32. The summed E-state index contributed by atoms with van der Waals surface area (Å²) in [6.07, 6.45) is 8.15. The number of nitrogens with zero attached hydrogens (tertiary/aromatic N) is 3. The van der Waals surface area contributed by atoms with Gasteiger partial charge in [-0.2, -0.15) is 0 Å². The molecule has 108 valence electrons. The van der Waals surface area contributed by atoms with Crippen LogP contribution in [0.1, 0.15) is 47.4 Å². The van der Waals surface area contributed by atoms with Crippen molar-refractivity contribution in [1.29, 1.82) is 0 Å². The molecule has 0 aliphatic carbocycles. The van der Waals surface area contributed by atoms with Crippen molar-refractivity contribution in [3.8, 4) is 0 Å². The number of carbonyl (C=O) groups is 1. The van der Waals surface area contributed by atoms with Crippen LogP contribution >= 0.6 is 0 Å². The fourth-order valence-electron chi connectivity index (χ4n) is 2.98. The number of likely N-dealkylation sites (tertiary alicyclic amines) is 1. The van der Waals surface area contributed by atoms with Crippen molar-refractivity contribution >= 4 is 5.91 Å². The first-order valence-electron chi connectivity index (χ1n) is 7.46. The van der Waals surface area contributed by atoms with Gasteiger partial charge in [0.05, 0.1) is 6.04 Å². The zero-order valence-corrected chi connectivity index (χ0v) is 12.2. The third-order valence-electron chi connectivity index (χ3n) is 4.06. The molecule has 1 atom stereocenters. The van der Waals surface area contributed by atoms with Crippen LogP contribution in [0, 0.1) is 0 Å².